The third kappa shape index (κ3) is 1.87. The molecule has 1 aromatic carbocycles. The summed E-state index contributed by atoms with van der Waals surface area (Å²) in [7, 11) is 1.97. The van der Waals surface area contributed by atoms with Crippen LogP contribution in [0.5, 0.6) is 0 Å². The first-order valence-electron chi connectivity index (χ1n) is 6.34. The zero-order valence-corrected chi connectivity index (χ0v) is 10.6. The maximum Gasteiger partial charge on any atom is 0.137 e. The van der Waals surface area contributed by atoms with Crippen molar-refractivity contribution in [3.8, 4) is 0 Å². The van der Waals surface area contributed by atoms with Gasteiger partial charge in [-0.3, -0.25) is 0 Å². The Balaban J connectivity index is 2.02. The SMILES string of the molecule is CNCc1cccnc1N1CCc2ccccc21. The summed E-state index contributed by atoms with van der Waals surface area (Å²) in [6.45, 7) is 1.87. The number of hydrogen-bond acceptors (Lipinski definition) is 3. The van der Waals surface area contributed by atoms with E-state index in [0.717, 1.165) is 25.3 Å². The third-order valence-corrected chi connectivity index (χ3v) is 3.38. The summed E-state index contributed by atoms with van der Waals surface area (Å²) < 4.78 is 0. The van der Waals surface area contributed by atoms with Crippen LogP contribution in [0.15, 0.2) is 42.6 Å². The molecule has 0 aliphatic carbocycles. The van der Waals surface area contributed by atoms with E-state index in [9.17, 15) is 0 Å². The van der Waals surface area contributed by atoms with Gasteiger partial charge in [0.1, 0.15) is 5.82 Å². The van der Waals surface area contributed by atoms with Gasteiger partial charge in [0.25, 0.3) is 0 Å². The van der Waals surface area contributed by atoms with Gasteiger partial charge in [0.2, 0.25) is 0 Å². The first-order valence-corrected chi connectivity index (χ1v) is 6.34. The fourth-order valence-corrected chi connectivity index (χ4v) is 2.56. The zero-order valence-electron chi connectivity index (χ0n) is 10.6. The number of rotatable bonds is 3. The lowest BCUT2D eigenvalue weighted by Crippen LogP contribution is -2.18. The van der Waals surface area contributed by atoms with Crippen molar-refractivity contribution in [2.45, 2.75) is 13.0 Å². The number of benzene rings is 1. The summed E-state index contributed by atoms with van der Waals surface area (Å²) in [6, 6.07) is 12.7. The highest BCUT2D eigenvalue weighted by Gasteiger charge is 2.22. The van der Waals surface area contributed by atoms with Crippen molar-refractivity contribution in [1.82, 2.24) is 10.3 Å². The molecule has 18 heavy (non-hydrogen) atoms. The zero-order chi connectivity index (χ0) is 12.4. The van der Waals surface area contributed by atoms with E-state index in [-0.39, 0.29) is 0 Å². The maximum absolute atomic E-state index is 4.56. The molecule has 0 spiro atoms. The number of hydrogen-bond donors (Lipinski definition) is 1. The van der Waals surface area contributed by atoms with Gasteiger partial charge in [-0.1, -0.05) is 24.3 Å². The Bertz CT molecular complexity index is 551. The van der Waals surface area contributed by atoms with E-state index in [1.165, 1.54) is 16.8 Å². The molecule has 3 heteroatoms. The van der Waals surface area contributed by atoms with Gasteiger partial charge in [0.15, 0.2) is 0 Å². The van der Waals surface area contributed by atoms with E-state index in [2.05, 4.69) is 45.5 Å². The number of para-hydroxylation sites is 1. The summed E-state index contributed by atoms with van der Waals surface area (Å²) in [5.74, 6) is 1.08. The van der Waals surface area contributed by atoms with Crippen LogP contribution >= 0.6 is 0 Å². The summed E-state index contributed by atoms with van der Waals surface area (Å²) in [4.78, 5) is 6.89. The van der Waals surface area contributed by atoms with Gasteiger partial charge >= 0.3 is 0 Å². The Morgan fingerprint density at radius 1 is 1.22 bits per heavy atom. The first-order chi connectivity index (χ1) is 8.90. The maximum atomic E-state index is 4.56. The normalized spacial score (nSPS) is 13.7. The second-order valence-electron chi connectivity index (χ2n) is 4.55. The van der Waals surface area contributed by atoms with E-state index in [0.29, 0.717) is 0 Å². The van der Waals surface area contributed by atoms with Crippen molar-refractivity contribution < 1.29 is 0 Å². The standard InChI is InChI=1S/C15H17N3/c1-16-11-13-6-4-9-17-15(13)18-10-8-12-5-2-3-7-14(12)18/h2-7,9,16H,8,10-11H2,1H3. The summed E-state index contributed by atoms with van der Waals surface area (Å²) in [5, 5.41) is 3.21. The van der Waals surface area contributed by atoms with E-state index < -0.39 is 0 Å². The highest BCUT2D eigenvalue weighted by molar-refractivity contribution is 5.69. The van der Waals surface area contributed by atoms with Crippen molar-refractivity contribution >= 4 is 11.5 Å². The van der Waals surface area contributed by atoms with Crippen LogP contribution in [0.3, 0.4) is 0 Å². The molecule has 0 saturated heterocycles. The van der Waals surface area contributed by atoms with E-state index in [1.54, 1.807) is 0 Å². The van der Waals surface area contributed by atoms with E-state index >= 15 is 0 Å². The molecule has 0 saturated carbocycles. The molecule has 2 aromatic rings. The van der Waals surface area contributed by atoms with Gasteiger partial charge in [-0.05, 0) is 31.2 Å². The van der Waals surface area contributed by atoms with Crippen molar-refractivity contribution in [2.24, 2.45) is 0 Å². The quantitative estimate of drug-likeness (QED) is 0.892. The fourth-order valence-electron chi connectivity index (χ4n) is 2.56. The summed E-state index contributed by atoms with van der Waals surface area (Å²) in [5.41, 5.74) is 3.96. The smallest absolute Gasteiger partial charge is 0.137 e. The third-order valence-electron chi connectivity index (χ3n) is 3.38. The summed E-state index contributed by atoms with van der Waals surface area (Å²) >= 11 is 0. The minimum atomic E-state index is 0.849. The van der Waals surface area contributed by atoms with Crippen LogP contribution in [-0.2, 0) is 13.0 Å². The molecule has 0 fully saturated rings. The molecule has 0 bridgehead atoms. The fraction of sp³-hybridized carbons (Fsp3) is 0.267. The van der Waals surface area contributed by atoms with Crippen LogP contribution < -0.4 is 10.2 Å². The molecule has 0 atom stereocenters. The number of aromatic nitrogens is 1. The van der Waals surface area contributed by atoms with E-state index in [4.69, 9.17) is 0 Å². The molecular formula is C15H17N3. The van der Waals surface area contributed by atoms with Crippen LogP contribution in [0.4, 0.5) is 11.5 Å². The van der Waals surface area contributed by atoms with Crippen molar-refractivity contribution in [3.05, 3.63) is 53.7 Å². The van der Waals surface area contributed by atoms with Crippen LogP contribution in [0.2, 0.25) is 0 Å². The molecule has 3 nitrogen and oxygen atoms in total. The number of anilines is 2. The molecule has 1 N–H and O–H groups in total. The van der Waals surface area contributed by atoms with Gasteiger partial charge < -0.3 is 10.2 Å². The molecule has 0 amide bonds. The number of nitrogens with one attached hydrogen (secondary N) is 1. The number of fused-ring (bicyclic) bond motifs is 1. The lowest BCUT2D eigenvalue weighted by Gasteiger charge is -2.21. The number of nitrogens with zero attached hydrogens (tertiary/aromatic N) is 2. The average Bonchev–Trinajstić information content (AvgIpc) is 2.84. The first kappa shape index (κ1) is 11.2. The van der Waals surface area contributed by atoms with Gasteiger partial charge in [-0.15, -0.1) is 0 Å². The van der Waals surface area contributed by atoms with Gasteiger partial charge in [0, 0.05) is 30.5 Å². The van der Waals surface area contributed by atoms with Crippen LogP contribution in [0.1, 0.15) is 11.1 Å². The van der Waals surface area contributed by atoms with Crippen molar-refractivity contribution in [2.75, 3.05) is 18.5 Å². The summed E-state index contributed by atoms with van der Waals surface area (Å²) in [6.07, 6.45) is 2.97. The molecular weight excluding hydrogens is 222 g/mol. The second-order valence-corrected chi connectivity index (χ2v) is 4.55. The predicted molar refractivity (Wildman–Crippen MR) is 74.2 cm³/mol. The minimum absolute atomic E-state index is 0.849. The van der Waals surface area contributed by atoms with Gasteiger partial charge in [0.05, 0.1) is 0 Å². The van der Waals surface area contributed by atoms with Crippen LogP contribution in [0.25, 0.3) is 0 Å². The molecule has 2 heterocycles. The van der Waals surface area contributed by atoms with Gasteiger partial charge in [-0.2, -0.15) is 0 Å². The predicted octanol–water partition coefficient (Wildman–Crippen LogP) is 2.50. The second kappa shape index (κ2) is 4.78. The Morgan fingerprint density at radius 2 is 2.11 bits per heavy atom. The lowest BCUT2D eigenvalue weighted by atomic mass is 10.2. The average molecular weight is 239 g/mol. The largest absolute Gasteiger partial charge is 0.326 e. The van der Waals surface area contributed by atoms with Crippen LogP contribution in [-0.4, -0.2) is 18.6 Å². The Morgan fingerprint density at radius 3 is 3.00 bits per heavy atom. The topological polar surface area (TPSA) is 28.2 Å². The molecule has 1 aromatic heterocycles. The highest BCUT2D eigenvalue weighted by atomic mass is 15.2. The molecule has 0 radical (unpaired) electrons. The molecule has 0 unspecified atom stereocenters. The Kier molecular flexibility index (Phi) is 2.99. The number of pyridine rings is 1. The highest BCUT2D eigenvalue weighted by Crippen LogP contribution is 2.34. The van der Waals surface area contributed by atoms with Crippen LogP contribution in [0, 0.1) is 0 Å². The van der Waals surface area contributed by atoms with Crippen molar-refractivity contribution in [3.63, 3.8) is 0 Å². The molecule has 3 rings (SSSR count). The Hall–Kier alpha value is -1.87. The Labute approximate surface area is 107 Å². The lowest BCUT2D eigenvalue weighted by molar-refractivity contribution is 0.806. The molecule has 92 valence electrons. The monoisotopic (exact) mass is 239 g/mol. The molecule has 1 aliphatic rings. The van der Waals surface area contributed by atoms with E-state index in [1.807, 2.05) is 19.3 Å². The molecule has 1 aliphatic heterocycles. The van der Waals surface area contributed by atoms with Crippen molar-refractivity contribution in [1.29, 1.82) is 0 Å². The van der Waals surface area contributed by atoms with Gasteiger partial charge in [-0.25, -0.2) is 4.98 Å². The minimum Gasteiger partial charge on any atom is -0.326 e.